The molecule has 4 nitrogen and oxygen atoms in total. The molecule has 2 aromatic rings. The minimum Gasteiger partial charge on any atom is -0.465 e. The largest absolute Gasteiger partial charge is 0.465 e. The van der Waals surface area contributed by atoms with Crippen LogP contribution in [0.25, 0.3) is 6.08 Å². The summed E-state index contributed by atoms with van der Waals surface area (Å²) >= 11 is 5.82. The average molecular weight is 314 g/mol. The predicted molar refractivity (Wildman–Crippen MR) is 83.6 cm³/mol. The van der Waals surface area contributed by atoms with Crippen molar-refractivity contribution in [2.45, 2.75) is 0 Å². The first-order chi connectivity index (χ1) is 10.6. The summed E-state index contributed by atoms with van der Waals surface area (Å²) in [6.07, 6.45) is 1.44. The summed E-state index contributed by atoms with van der Waals surface area (Å²) in [5.74, 6) is 0.545. The van der Waals surface area contributed by atoms with Crippen molar-refractivity contribution in [2.24, 2.45) is 0 Å². The van der Waals surface area contributed by atoms with Gasteiger partial charge < -0.3 is 9.47 Å². The van der Waals surface area contributed by atoms with Crippen molar-refractivity contribution >= 4 is 23.6 Å². The van der Waals surface area contributed by atoms with Crippen molar-refractivity contribution in [3.8, 4) is 17.6 Å². The van der Waals surface area contributed by atoms with Crippen molar-refractivity contribution < 1.29 is 14.3 Å². The van der Waals surface area contributed by atoms with Crippen LogP contribution in [0.4, 0.5) is 0 Å². The summed E-state index contributed by atoms with van der Waals surface area (Å²) < 4.78 is 10.2. The van der Waals surface area contributed by atoms with Crippen LogP contribution < -0.4 is 4.74 Å². The fourth-order valence-electron chi connectivity index (χ4n) is 1.72. The number of ether oxygens (including phenoxy) is 2. The molecule has 0 spiro atoms. The number of benzene rings is 2. The Kier molecular flexibility index (Phi) is 5.18. The van der Waals surface area contributed by atoms with Gasteiger partial charge in [0.05, 0.1) is 7.11 Å². The van der Waals surface area contributed by atoms with Gasteiger partial charge in [-0.3, -0.25) is 0 Å². The summed E-state index contributed by atoms with van der Waals surface area (Å²) in [5.41, 5.74) is 0.583. The quantitative estimate of drug-likeness (QED) is 0.482. The third-order valence-corrected chi connectivity index (χ3v) is 3.00. The summed E-state index contributed by atoms with van der Waals surface area (Å²) in [4.78, 5) is 11.4. The Morgan fingerprint density at radius 3 is 2.55 bits per heavy atom. The third kappa shape index (κ3) is 4.11. The van der Waals surface area contributed by atoms with E-state index in [-0.39, 0.29) is 5.57 Å². The maximum Gasteiger partial charge on any atom is 0.348 e. The molecular weight excluding hydrogens is 302 g/mol. The molecule has 0 aromatic heterocycles. The van der Waals surface area contributed by atoms with Gasteiger partial charge in [-0.25, -0.2) is 4.79 Å². The lowest BCUT2D eigenvalue weighted by molar-refractivity contribution is -0.135. The van der Waals surface area contributed by atoms with Crippen molar-refractivity contribution in [3.05, 3.63) is 64.7 Å². The Morgan fingerprint density at radius 2 is 1.91 bits per heavy atom. The van der Waals surface area contributed by atoms with E-state index in [1.54, 1.807) is 48.5 Å². The first-order valence-corrected chi connectivity index (χ1v) is 6.74. The maximum atomic E-state index is 11.4. The average Bonchev–Trinajstić information content (AvgIpc) is 2.54. The second-order valence-electron chi connectivity index (χ2n) is 4.29. The molecule has 0 fully saturated rings. The first kappa shape index (κ1) is 15.6. The summed E-state index contributed by atoms with van der Waals surface area (Å²) in [7, 11) is 1.23. The lowest BCUT2D eigenvalue weighted by Crippen LogP contribution is -2.02. The highest BCUT2D eigenvalue weighted by Gasteiger charge is 2.08. The number of carbonyl (C=O) groups is 1. The molecule has 22 heavy (non-hydrogen) atoms. The fourth-order valence-corrected chi connectivity index (χ4v) is 1.85. The Bertz CT molecular complexity index is 745. The monoisotopic (exact) mass is 313 g/mol. The molecular formula is C17H12ClNO3. The lowest BCUT2D eigenvalue weighted by atomic mass is 10.1. The van der Waals surface area contributed by atoms with Gasteiger partial charge in [0.15, 0.2) is 0 Å². The molecule has 2 rings (SSSR count). The zero-order valence-corrected chi connectivity index (χ0v) is 12.5. The van der Waals surface area contributed by atoms with Crippen LogP contribution in [0.15, 0.2) is 54.1 Å². The van der Waals surface area contributed by atoms with E-state index in [0.717, 1.165) is 0 Å². The van der Waals surface area contributed by atoms with E-state index in [4.69, 9.17) is 21.6 Å². The number of halogens is 1. The van der Waals surface area contributed by atoms with E-state index < -0.39 is 5.97 Å². The van der Waals surface area contributed by atoms with Crippen LogP contribution in [0, 0.1) is 11.3 Å². The highest BCUT2D eigenvalue weighted by Crippen LogP contribution is 2.24. The van der Waals surface area contributed by atoms with Crippen LogP contribution in [0.3, 0.4) is 0 Å². The van der Waals surface area contributed by atoms with Gasteiger partial charge in [-0.1, -0.05) is 23.7 Å². The van der Waals surface area contributed by atoms with Gasteiger partial charge in [0, 0.05) is 5.02 Å². The highest BCUT2D eigenvalue weighted by molar-refractivity contribution is 6.30. The number of hydrogen-bond donors (Lipinski definition) is 0. The van der Waals surface area contributed by atoms with Gasteiger partial charge >= 0.3 is 5.97 Å². The first-order valence-electron chi connectivity index (χ1n) is 6.36. The zero-order chi connectivity index (χ0) is 15.9. The van der Waals surface area contributed by atoms with Crippen LogP contribution in [-0.4, -0.2) is 13.1 Å². The van der Waals surface area contributed by atoms with E-state index >= 15 is 0 Å². The minimum absolute atomic E-state index is 0.0776. The number of nitrogens with zero attached hydrogens (tertiary/aromatic N) is 1. The molecule has 110 valence electrons. The molecule has 0 aliphatic heterocycles. The number of methoxy groups -OCH3 is 1. The van der Waals surface area contributed by atoms with Crippen molar-refractivity contribution in [2.75, 3.05) is 7.11 Å². The topological polar surface area (TPSA) is 59.3 Å². The van der Waals surface area contributed by atoms with Gasteiger partial charge in [-0.2, -0.15) is 5.26 Å². The normalized spacial score (nSPS) is 10.7. The smallest absolute Gasteiger partial charge is 0.348 e. The van der Waals surface area contributed by atoms with E-state index in [1.165, 1.54) is 13.2 Å². The van der Waals surface area contributed by atoms with Crippen molar-refractivity contribution in [3.63, 3.8) is 0 Å². The second-order valence-corrected chi connectivity index (χ2v) is 4.73. The van der Waals surface area contributed by atoms with Crippen molar-refractivity contribution in [1.29, 1.82) is 5.26 Å². The Morgan fingerprint density at radius 1 is 1.18 bits per heavy atom. The summed E-state index contributed by atoms with van der Waals surface area (Å²) in [6.45, 7) is 0. The summed E-state index contributed by atoms with van der Waals surface area (Å²) in [5, 5.41) is 9.58. The van der Waals surface area contributed by atoms with Gasteiger partial charge in [0.25, 0.3) is 0 Å². The Labute approximate surface area is 133 Å². The maximum absolute atomic E-state index is 11.4. The van der Waals surface area contributed by atoms with E-state index in [1.807, 2.05) is 6.07 Å². The molecule has 0 unspecified atom stereocenters. The molecule has 2 aromatic carbocycles. The van der Waals surface area contributed by atoms with E-state index in [0.29, 0.717) is 22.1 Å². The molecule has 0 bridgehead atoms. The van der Waals surface area contributed by atoms with E-state index in [9.17, 15) is 4.79 Å². The Hall–Kier alpha value is -2.77. The molecule has 0 heterocycles. The molecule has 0 amide bonds. The third-order valence-electron chi connectivity index (χ3n) is 2.74. The number of nitriles is 1. The van der Waals surface area contributed by atoms with E-state index in [2.05, 4.69) is 4.74 Å². The van der Waals surface area contributed by atoms with Crippen molar-refractivity contribution in [1.82, 2.24) is 0 Å². The van der Waals surface area contributed by atoms with Crippen LogP contribution in [0.1, 0.15) is 5.56 Å². The second kappa shape index (κ2) is 7.30. The fraction of sp³-hybridized carbons (Fsp3) is 0.0588. The number of esters is 1. The number of rotatable bonds is 4. The minimum atomic E-state index is -0.675. The molecule has 5 heteroatoms. The van der Waals surface area contributed by atoms with Gasteiger partial charge in [-0.05, 0) is 48.0 Å². The SMILES string of the molecule is COC(=O)C(C#N)=Cc1cccc(Oc2ccc(Cl)cc2)c1. The van der Waals surface area contributed by atoms with Gasteiger partial charge in [0.2, 0.25) is 0 Å². The molecule has 0 N–H and O–H groups in total. The predicted octanol–water partition coefficient (Wildman–Crippen LogP) is 4.21. The van der Waals surface area contributed by atoms with Crippen LogP contribution in [-0.2, 0) is 9.53 Å². The molecule has 0 aliphatic rings. The number of hydrogen-bond acceptors (Lipinski definition) is 4. The molecule has 0 saturated carbocycles. The lowest BCUT2D eigenvalue weighted by Gasteiger charge is -2.06. The number of carbonyl (C=O) groups excluding carboxylic acids is 1. The molecule has 0 radical (unpaired) electrons. The van der Waals surface area contributed by atoms with Gasteiger partial charge in [0.1, 0.15) is 23.1 Å². The van der Waals surface area contributed by atoms with Gasteiger partial charge in [-0.15, -0.1) is 0 Å². The van der Waals surface area contributed by atoms with Crippen LogP contribution in [0.5, 0.6) is 11.5 Å². The zero-order valence-electron chi connectivity index (χ0n) is 11.7. The Balaban J connectivity index is 2.23. The standard InChI is InChI=1S/C17H12ClNO3/c1-21-17(20)13(11-19)9-12-3-2-4-16(10-12)22-15-7-5-14(18)6-8-15/h2-10H,1H3. The molecule has 0 aliphatic carbocycles. The molecule has 0 atom stereocenters. The van der Waals surface area contributed by atoms with Crippen LogP contribution >= 0.6 is 11.6 Å². The molecule has 0 saturated heterocycles. The van der Waals surface area contributed by atoms with Crippen LogP contribution in [0.2, 0.25) is 5.02 Å². The summed E-state index contributed by atoms with van der Waals surface area (Å²) in [6, 6.07) is 15.8. The highest BCUT2D eigenvalue weighted by atomic mass is 35.5.